The number of allylic oxidation sites excluding steroid dienone is 3. The highest BCUT2D eigenvalue weighted by atomic mass is 16.7. The number of hydrogen-bond acceptors (Lipinski definition) is 3. The van der Waals surface area contributed by atoms with Gasteiger partial charge in [0, 0.05) is 16.6 Å². The highest BCUT2D eigenvalue weighted by molar-refractivity contribution is 5.68. The van der Waals surface area contributed by atoms with Crippen LogP contribution in [0.1, 0.15) is 48.0 Å². The van der Waals surface area contributed by atoms with Crippen molar-refractivity contribution in [1.29, 1.82) is 0 Å². The summed E-state index contributed by atoms with van der Waals surface area (Å²) in [7, 11) is 0. The molecule has 2 aliphatic rings. The molecule has 0 spiro atoms. The van der Waals surface area contributed by atoms with E-state index in [9.17, 15) is 4.79 Å². The van der Waals surface area contributed by atoms with Crippen molar-refractivity contribution in [3.63, 3.8) is 0 Å². The maximum absolute atomic E-state index is 10.5. The minimum atomic E-state index is -0.539. The van der Waals surface area contributed by atoms with E-state index in [0.717, 1.165) is 29.4 Å². The van der Waals surface area contributed by atoms with E-state index in [1.807, 2.05) is 20.8 Å². The van der Waals surface area contributed by atoms with Gasteiger partial charge in [0.2, 0.25) is 0 Å². The van der Waals surface area contributed by atoms with E-state index < -0.39 is 5.79 Å². The molecule has 1 aliphatic carbocycles. The molecule has 3 nitrogen and oxygen atoms in total. The van der Waals surface area contributed by atoms with E-state index in [1.54, 1.807) is 0 Å². The van der Waals surface area contributed by atoms with Crippen molar-refractivity contribution in [2.75, 3.05) is 0 Å². The topological polar surface area (TPSA) is 35.5 Å². The smallest absolute Gasteiger partial charge is 0.164 e. The Morgan fingerprint density at radius 2 is 1.95 bits per heavy atom. The summed E-state index contributed by atoms with van der Waals surface area (Å²) in [6.07, 6.45) is 3.21. The number of aldehydes is 1. The minimum absolute atomic E-state index is 0.0207. The number of fused-ring (bicyclic) bond motifs is 1. The first-order valence-corrected chi connectivity index (χ1v) is 7.37. The molecular weight excluding hydrogens is 264 g/mol. The van der Waals surface area contributed by atoms with Gasteiger partial charge in [-0.3, -0.25) is 4.79 Å². The summed E-state index contributed by atoms with van der Waals surface area (Å²) in [6.45, 7) is 12.2. The van der Waals surface area contributed by atoms with Gasteiger partial charge in [0.05, 0.1) is 6.10 Å². The second-order valence-electron chi connectivity index (χ2n) is 6.98. The fourth-order valence-electron chi connectivity index (χ4n) is 3.21. The third-order valence-corrected chi connectivity index (χ3v) is 4.10. The van der Waals surface area contributed by atoms with Crippen LogP contribution in [0.5, 0.6) is 0 Å². The van der Waals surface area contributed by atoms with Gasteiger partial charge < -0.3 is 9.47 Å². The van der Waals surface area contributed by atoms with E-state index in [-0.39, 0.29) is 17.6 Å². The number of hydrogen-bond donors (Lipinski definition) is 0. The van der Waals surface area contributed by atoms with Crippen LogP contribution < -0.4 is 0 Å². The largest absolute Gasteiger partial charge is 0.344 e. The van der Waals surface area contributed by atoms with E-state index in [1.165, 1.54) is 6.08 Å². The molecule has 1 heterocycles. The first-order chi connectivity index (χ1) is 9.66. The monoisotopic (exact) mass is 288 g/mol. The Morgan fingerprint density at radius 1 is 1.29 bits per heavy atom. The molecule has 3 heteroatoms. The fraction of sp³-hybridized carbons (Fsp3) is 0.611. The van der Waals surface area contributed by atoms with Gasteiger partial charge >= 0.3 is 0 Å². The molecule has 1 unspecified atom stereocenters. The molecule has 0 saturated carbocycles. The van der Waals surface area contributed by atoms with Crippen molar-refractivity contribution in [2.24, 2.45) is 5.41 Å². The summed E-state index contributed by atoms with van der Waals surface area (Å²) in [5, 5.41) is 0. The van der Waals surface area contributed by atoms with Crippen LogP contribution in [0.15, 0.2) is 22.8 Å². The van der Waals surface area contributed by atoms with E-state index >= 15 is 0 Å². The Kier molecular flexibility index (Phi) is 4.15. The molecule has 0 radical (unpaired) electrons. The first-order valence-electron chi connectivity index (χ1n) is 7.37. The van der Waals surface area contributed by atoms with Crippen LogP contribution in [0.3, 0.4) is 0 Å². The molecule has 0 aromatic heterocycles. The molecule has 0 bridgehead atoms. The number of carbonyl (C=O) groups is 1. The Morgan fingerprint density at radius 3 is 2.57 bits per heavy atom. The molecule has 21 heavy (non-hydrogen) atoms. The number of carbonyl (C=O) groups excluding carboxylic acids is 1. The standard InChI is InChI=1S/C18H24O3/c1-12(9-10-19)7-8-14-13(2)16-15(11-17(14,3)4)20-18(5,6)21-16/h9-10,15-16H,11H2,1-6H3/b12-9+/t15-,16?/m0/s1. The van der Waals surface area contributed by atoms with E-state index in [2.05, 4.69) is 32.6 Å². The molecule has 2 rings (SSSR count). The normalized spacial score (nSPS) is 30.5. The van der Waals surface area contributed by atoms with Crippen LogP contribution in [-0.4, -0.2) is 24.3 Å². The third kappa shape index (κ3) is 3.28. The second kappa shape index (κ2) is 5.44. The van der Waals surface area contributed by atoms with Crippen LogP contribution in [0, 0.1) is 17.3 Å². The molecule has 0 aromatic carbocycles. The minimum Gasteiger partial charge on any atom is -0.344 e. The van der Waals surface area contributed by atoms with Crippen molar-refractivity contribution in [2.45, 2.75) is 66.0 Å². The van der Waals surface area contributed by atoms with Gasteiger partial charge in [-0.1, -0.05) is 25.7 Å². The molecule has 2 atom stereocenters. The van der Waals surface area contributed by atoms with Crippen molar-refractivity contribution >= 4 is 6.29 Å². The van der Waals surface area contributed by atoms with Gasteiger partial charge in [-0.15, -0.1) is 0 Å². The van der Waals surface area contributed by atoms with Gasteiger partial charge in [-0.2, -0.15) is 0 Å². The lowest BCUT2D eigenvalue weighted by molar-refractivity contribution is -0.144. The van der Waals surface area contributed by atoms with Crippen molar-refractivity contribution in [1.82, 2.24) is 0 Å². The maximum atomic E-state index is 10.5. The highest BCUT2D eigenvalue weighted by Gasteiger charge is 2.49. The molecule has 1 fully saturated rings. The number of ether oxygens (including phenoxy) is 2. The fourth-order valence-corrected chi connectivity index (χ4v) is 3.21. The van der Waals surface area contributed by atoms with Gasteiger partial charge in [0.25, 0.3) is 0 Å². The highest BCUT2D eigenvalue weighted by Crippen LogP contribution is 2.47. The Balaban J connectivity index is 2.40. The molecule has 0 N–H and O–H groups in total. The molecule has 0 amide bonds. The Labute approximate surface area is 127 Å². The summed E-state index contributed by atoms with van der Waals surface area (Å²) in [5.41, 5.74) is 2.97. The van der Waals surface area contributed by atoms with Gasteiger partial charge in [-0.25, -0.2) is 0 Å². The average Bonchev–Trinajstić information content (AvgIpc) is 2.62. The first kappa shape index (κ1) is 16.0. The Hall–Kier alpha value is -1.37. The predicted octanol–water partition coefficient (Wildman–Crippen LogP) is 3.40. The van der Waals surface area contributed by atoms with E-state index in [0.29, 0.717) is 0 Å². The summed E-state index contributed by atoms with van der Waals surface area (Å²) < 4.78 is 12.0. The lowest BCUT2D eigenvalue weighted by Crippen LogP contribution is -2.37. The molecule has 1 aliphatic heterocycles. The van der Waals surface area contributed by atoms with Crippen molar-refractivity contribution in [3.8, 4) is 11.8 Å². The number of rotatable bonds is 1. The van der Waals surface area contributed by atoms with Crippen LogP contribution in [0.4, 0.5) is 0 Å². The van der Waals surface area contributed by atoms with Crippen LogP contribution >= 0.6 is 0 Å². The molecular formula is C18H24O3. The van der Waals surface area contributed by atoms with Crippen LogP contribution in [0.25, 0.3) is 0 Å². The zero-order valence-electron chi connectivity index (χ0n) is 13.7. The van der Waals surface area contributed by atoms with Crippen LogP contribution in [0.2, 0.25) is 0 Å². The van der Waals surface area contributed by atoms with Gasteiger partial charge in [0.1, 0.15) is 12.4 Å². The summed E-state index contributed by atoms with van der Waals surface area (Å²) >= 11 is 0. The van der Waals surface area contributed by atoms with Crippen molar-refractivity contribution in [3.05, 3.63) is 22.8 Å². The summed E-state index contributed by atoms with van der Waals surface area (Å²) in [6, 6.07) is 0. The molecule has 1 saturated heterocycles. The maximum Gasteiger partial charge on any atom is 0.164 e. The molecule has 0 aromatic rings. The van der Waals surface area contributed by atoms with E-state index in [4.69, 9.17) is 9.47 Å². The lowest BCUT2D eigenvalue weighted by Gasteiger charge is -2.37. The van der Waals surface area contributed by atoms with Gasteiger partial charge in [-0.05, 0) is 45.8 Å². The SMILES string of the molecule is CC1=C(C#C/C(C)=C/C=O)C(C)(C)C[C@@H]2OC(C)(C)OC12. The molecule has 114 valence electrons. The lowest BCUT2D eigenvalue weighted by atomic mass is 9.71. The quantitative estimate of drug-likeness (QED) is 0.421. The third-order valence-electron chi connectivity index (χ3n) is 4.10. The summed E-state index contributed by atoms with van der Waals surface area (Å²) in [5.74, 6) is 5.78. The van der Waals surface area contributed by atoms with Gasteiger partial charge in [0.15, 0.2) is 5.79 Å². The van der Waals surface area contributed by atoms with Crippen molar-refractivity contribution < 1.29 is 14.3 Å². The summed E-state index contributed by atoms with van der Waals surface area (Å²) in [4.78, 5) is 10.5. The van der Waals surface area contributed by atoms with Crippen LogP contribution in [-0.2, 0) is 14.3 Å². The second-order valence-corrected chi connectivity index (χ2v) is 6.98. The zero-order valence-corrected chi connectivity index (χ0v) is 13.7. The average molecular weight is 288 g/mol. The Bertz CT molecular complexity index is 567. The zero-order chi connectivity index (χ0) is 15.8. The predicted molar refractivity (Wildman–Crippen MR) is 82.5 cm³/mol.